The SMILES string of the molecule is CCOc1ccccc1OCc1cc(C(N)=S)ccc1F. The molecule has 0 fully saturated rings. The average Bonchev–Trinajstić information content (AvgIpc) is 2.48. The first-order chi connectivity index (χ1) is 10.1. The van der Waals surface area contributed by atoms with Crippen LogP contribution in [-0.4, -0.2) is 11.6 Å². The molecule has 0 spiro atoms. The fraction of sp³-hybridized carbons (Fsp3) is 0.188. The maximum Gasteiger partial charge on any atom is 0.161 e. The fourth-order valence-electron chi connectivity index (χ4n) is 1.84. The molecule has 0 bridgehead atoms. The van der Waals surface area contributed by atoms with Gasteiger partial charge in [-0.2, -0.15) is 0 Å². The van der Waals surface area contributed by atoms with Crippen molar-refractivity contribution in [3.63, 3.8) is 0 Å². The maximum atomic E-state index is 13.8. The molecule has 0 aromatic heterocycles. The van der Waals surface area contributed by atoms with Crippen LogP contribution in [0.3, 0.4) is 0 Å². The number of thiocarbonyl (C=S) groups is 1. The van der Waals surface area contributed by atoms with E-state index in [0.29, 0.717) is 29.2 Å². The van der Waals surface area contributed by atoms with E-state index in [1.807, 2.05) is 19.1 Å². The molecule has 5 heteroatoms. The third-order valence-electron chi connectivity index (χ3n) is 2.86. The van der Waals surface area contributed by atoms with Crippen LogP contribution in [0.15, 0.2) is 42.5 Å². The predicted octanol–water partition coefficient (Wildman–Crippen LogP) is 3.44. The second-order valence-electron chi connectivity index (χ2n) is 4.34. The molecule has 0 heterocycles. The largest absolute Gasteiger partial charge is 0.490 e. The van der Waals surface area contributed by atoms with E-state index in [0.717, 1.165) is 0 Å². The number of hydrogen-bond donors (Lipinski definition) is 1. The lowest BCUT2D eigenvalue weighted by Gasteiger charge is -2.12. The molecule has 2 aromatic carbocycles. The number of rotatable bonds is 6. The Balaban J connectivity index is 2.16. The van der Waals surface area contributed by atoms with E-state index in [1.54, 1.807) is 24.3 Å². The molecule has 0 unspecified atom stereocenters. The van der Waals surface area contributed by atoms with E-state index < -0.39 is 0 Å². The van der Waals surface area contributed by atoms with Gasteiger partial charge in [-0.1, -0.05) is 24.4 Å². The van der Waals surface area contributed by atoms with Crippen LogP contribution in [0.5, 0.6) is 11.5 Å². The van der Waals surface area contributed by atoms with Crippen molar-refractivity contribution in [1.82, 2.24) is 0 Å². The first kappa shape index (κ1) is 15.3. The van der Waals surface area contributed by atoms with Gasteiger partial charge in [-0.25, -0.2) is 4.39 Å². The Kier molecular flexibility index (Phi) is 5.11. The smallest absolute Gasteiger partial charge is 0.161 e. The number of benzene rings is 2. The number of nitrogens with two attached hydrogens (primary N) is 1. The second-order valence-corrected chi connectivity index (χ2v) is 4.78. The third-order valence-corrected chi connectivity index (χ3v) is 3.10. The summed E-state index contributed by atoms with van der Waals surface area (Å²) in [6.07, 6.45) is 0. The zero-order valence-electron chi connectivity index (χ0n) is 11.6. The van der Waals surface area contributed by atoms with Crippen LogP contribution in [0, 0.1) is 5.82 Å². The zero-order chi connectivity index (χ0) is 15.2. The summed E-state index contributed by atoms with van der Waals surface area (Å²) < 4.78 is 24.9. The van der Waals surface area contributed by atoms with Crippen molar-refractivity contribution >= 4 is 17.2 Å². The van der Waals surface area contributed by atoms with Crippen molar-refractivity contribution in [2.75, 3.05) is 6.61 Å². The topological polar surface area (TPSA) is 44.5 Å². The highest BCUT2D eigenvalue weighted by molar-refractivity contribution is 7.80. The van der Waals surface area contributed by atoms with Gasteiger partial charge in [-0.05, 0) is 37.3 Å². The summed E-state index contributed by atoms with van der Waals surface area (Å²) in [6.45, 7) is 2.50. The van der Waals surface area contributed by atoms with Gasteiger partial charge in [0.25, 0.3) is 0 Å². The lowest BCUT2D eigenvalue weighted by Crippen LogP contribution is -2.11. The summed E-state index contributed by atoms with van der Waals surface area (Å²) in [4.78, 5) is 0.228. The van der Waals surface area contributed by atoms with Crippen LogP contribution < -0.4 is 15.2 Å². The van der Waals surface area contributed by atoms with Crippen molar-refractivity contribution in [2.45, 2.75) is 13.5 Å². The third kappa shape index (κ3) is 3.92. The van der Waals surface area contributed by atoms with Crippen molar-refractivity contribution in [1.29, 1.82) is 0 Å². The highest BCUT2D eigenvalue weighted by atomic mass is 32.1. The molecule has 0 aliphatic carbocycles. The summed E-state index contributed by atoms with van der Waals surface area (Å²) in [5.74, 6) is 0.842. The molecule has 0 saturated heterocycles. The predicted molar refractivity (Wildman–Crippen MR) is 84.2 cm³/mol. The Bertz CT molecular complexity index is 646. The van der Waals surface area contributed by atoms with Crippen molar-refractivity contribution in [3.8, 4) is 11.5 Å². The molecule has 21 heavy (non-hydrogen) atoms. The van der Waals surface area contributed by atoms with E-state index in [-0.39, 0.29) is 17.4 Å². The van der Waals surface area contributed by atoms with E-state index >= 15 is 0 Å². The highest BCUT2D eigenvalue weighted by Gasteiger charge is 2.08. The highest BCUT2D eigenvalue weighted by Crippen LogP contribution is 2.27. The number of halogens is 1. The lowest BCUT2D eigenvalue weighted by atomic mass is 10.1. The van der Waals surface area contributed by atoms with E-state index in [2.05, 4.69) is 0 Å². The molecular formula is C16H16FNO2S. The Labute approximate surface area is 128 Å². The molecule has 2 rings (SSSR count). The van der Waals surface area contributed by atoms with E-state index in [9.17, 15) is 4.39 Å². The van der Waals surface area contributed by atoms with Gasteiger partial charge < -0.3 is 15.2 Å². The Morgan fingerprint density at radius 3 is 2.43 bits per heavy atom. The van der Waals surface area contributed by atoms with Gasteiger partial charge in [0.05, 0.1) is 6.61 Å². The van der Waals surface area contributed by atoms with Gasteiger partial charge in [0.15, 0.2) is 11.5 Å². The molecule has 0 amide bonds. The molecule has 0 aliphatic rings. The van der Waals surface area contributed by atoms with Crippen molar-refractivity contribution < 1.29 is 13.9 Å². The van der Waals surface area contributed by atoms with Crippen LogP contribution in [0.4, 0.5) is 4.39 Å². The van der Waals surface area contributed by atoms with E-state index in [1.165, 1.54) is 6.07 Å². The first-order valence-electron chi connectivity index (χ1n) is 6.54. The zero-order valence-corrected chi connectivity index (χ0v) is 12.5. The fourth-order valence-corrected chi connectivity index (χ4v) is 1.97. The Hall–Kier alpha value is -2.14. The average molecular weight is 305 g/mol. The van der Waals surface area contributed by atoms with Crippen LogP contribution in [0.25, 0.3) is 0 Å². The first-order valence-corrected chi connectivity index (χ1v) is 6.95. The molecule has 0 radical (unpaired) electrons. The normalized spacial score (nSPS) is 10.2. The summed E-state index contributed by atoms with van der Waals surface area (Å²) in [5, 5.41) is 0. The maximum absolute atomic E-state index is 13.8. The van der Waals surface area contributed by atoms with Crippen molar-refractivity contribution in [3.05, 3.63) is 59.4 Å². The minimum atomic E-state index is -0.358. The molecule has 0 saturated carbocycles. The second kappa shape index (κ2) is 7.04. The summed E-state index contributed by atoms with van der Waals surface area (Å²) in [6, 6.07) is 11.8. The number of para-hydroxylation sites is 2. The molecule has 2 N–H and O–H groups in total. The molecule has 3 nitrogen and oxygen atoms in total. The van der Waals surface area contributed by atoms with Gasteiger partial charge in [0, 0.05) is 11.1 Å². The van der Waals surface area contributed by atoms with Crippen molar-refractivity contribution in [2.24, 2.45) is 5.73 Å². The summed E-state index contributed by atoms with van der Waals surface area (Å²) >= 11 is 4.89. The Morgan fingerprint density at radius 2 is 1.81 bits per heavy atom. The minimum absolute atomic E-state index is 0.0758. The van der Waals surface area contributed by atoms with E-state index in [4.69, 9.17) is 27.4 Å². The van der Waals surface area contributed by atoms with Gasteiger partial charge in [0.2, 0.25) is 0 Å². The lowest BCUT2D eigenvalue weighted by molar-refractivity contribution is 0.266. The molecule has 2 aromatic rings. The van der Waals surface area contributed by atoms with Crippen LogP contribution in [0.2, 0.25) is 0 Å². The standard InChI is InChI=1S/C16H16FNO2S/c1-2-19-14-5-3-4-6-15(14)20-10-12-9-11(16(18)21)7-8-13(12)17/h3-9H,2,10H2,1H3,(H2,18,21). The molecule has 0 atom stereocenters. The molecular weight excluding hydrogens is 289 g/mol. The quantitative estimate of drug-likeness (QED) is 0.830. The van der Waals surface area contributed by atoms with Crippen LogP contribution in [-0.2, 0) is 6.61 Å². The Morgan fingerprint density at radius 1 is 1.14 bits per heavy atom. The minimum Gasteiger partial charge on any atom is -0.490 e. The number of hydrogen-bond acceptors (Lipinski definition) is 3. The van der Waals surface area contributed by atoms with Gasteiger partial charge >= 0.3 is 0 Å². The molecule has 0 aliphatic heterocycles. The van der Waals surface area contributed by atoms with Gasteiger partial charge in [0.1, 0.15) is 17.4 Å². The van der Waals surface area contributed by atoms with Gasteiger partial charge in [-0.3, -0.25) is 0 Å². The number of ether oxygens (including phenoxy) is 2. The van der Waals surface area contributed by atoms with Crippen LogP contribution >= 0.6 is 12.2 Å². The summed E-state index contributed by atoms with van der Waals surface area (Å²) in [5.41, 5.74) is 6.56. The summed E-state index contributed by atoms with van der Waals surface area (Å²) in [7, 11) is 0. The monoisotopic (exact) mass is 305 g/mol. The molecule has 110 valence electrons. The van der Waals surface area contributed by atoms with Crippen LogP contribution in [0.1, 0.15) is 18.1 Å². The van der Waals surface area contributed by atoms with Gasteiger partial charge in [-0.15, -0.1) is 0 Å².